The van der Waals surface area contributed by atoms with Gasteiger partial charge in [-0.25, -0.2) is 10.2 Å². The largest absolute Gasteiger partial charge is 0.497 e. The summed E-state index contributed by atoms with van der Waals surface area (Å²) in [6.45, 7) is 1.57. The van der Waals surface area contributed by atoms with Gasteiger partial charge < -0.3 is 14.2 Å². The summed E-state index contributed by atoms with van der Waals surface area (Å²) < 4.78 is 16.0. The van der Waals surface area contributed by atoms with Crippen molar-refractivity contribution in [2.24, 2.45) is 5.10 Å². The average Bonchev–Trinajstić information content (AvgIpc) is 2.81. The second-order valence-electron chi connectivity index (χ2n) is 6.76. The van der Waals surface area contributed by atoms with Gasteiger partial charge in [-0.2, -0.15) is 5.10 Å². The summed E-state index contributed by atoms with van der Waals surface area (Å²) in [4.78, 5) is 24.4. The zero-order valence-corrected chi connectivity index (χ0v) is 19.3. The number of hydrogen-bond acceptors (Lipinski definition) is 6. The SMILES string of the molecule is COc1ccc(C(=O)Oc2ccc(/C=N/NC(=O)C(C)Oc3ccc(Cl)cc3Cl)cc2)cc1. The topological polar surface area (TPSA) is 86.2 Å². The van der Waals surface area contributed by atoms with Crippen molar-refractivity contribution in [3.63, 3.8) is 0 Å². The smallest absolute Gasteiger partial charge is 0.343 e. The third-order valence-corrected chi connectivity index (χ3v) is 4.90. The summed E-state index contributed by atoms with van der Waals surface area (Å²) in [5, 5.41) is 4.69. The number of hydrogen-bond donors (Lipinski definition) is 1. The van der Waals surface area contributed by atoms with Gasteiger partial charge in [-0.3, -0.25) is 4.79 Å². The predicted octanol–water partition coefficient (Wildman–Crippen LogP) is 5.14. The molecule has 0 saturated carbocycles. The summed E-state index contributed by atoms with van der Waals surface area (Å²) in [5.74, 6) is 0.423. The molecular formula is C24H20Cl2N2O5. The van der Waals surface area contributed by atoms with Crippen LogP contribution in [0.4, 0.5) is 0 Å². The van der Waals surface area contributed by atoms with Crippen molar-refractivity contribution in [1.29, 1.82) is 0 Å². The number of ether oxygens (including phenoxy) is 3. The van der Waals surface area contributed by atoms with Crippen molar-refractivity contribution < 1.29 is 23.8 Å². The molecule has 3 aromatic carbocycles. The third kappa shape index (κ3) is 6.97. The molecule has 0 saturated heterocycles. The Morgan fingerprint density at radius 1 is 0.970 bits per heavy atom. The first-order valence-electron chi connectivity index (χ1n) is 9.76. The minimum atomic E-state index is -0.833. The van der Waals surface area contributed by atoms with Gasteiger partial charge in [0.05, 0.1) is 23.9 Å². The number of rotatable bonds is 8. The molecule has 0 heterocycles. The molecule has 7 nitrogen and oxygen atoms in total. The van der Waals surface area contributed by atoms with E-state index >= 15 is 0 Å². The first kappa shape index (κ1) is 24.1. The van der Waals surface area contributed by atoms with Crippen LogP contribution in [0.15, 0.2) is 71.8 Å². The Morgan fingerprint density at radius 3 is 2.27 bits per heavy atom. The fraction of sp³-hybridized carbons (Fsp3) is 0.125. The van der Waals surface area contributed by atoms with Gasteiger partial charge >= 0.3 is 5.97 Å². The van der Waals surface area contributed by atoms with E-state index in [-0.39, 0.29) is 0 Å². The molecule has 1 atom stereocenters. The molecular weight excluding hydrogens is 467 g/mol. The number of nitrogens with zero attached hydrogens (tertiary/aromatic N) is 1. The number of esters is 1. The maximum atomic E-state index is 12.2. The summed E-state index contributed by atoms with van der Waals surface area (Å²) in [6, 6.07) is 18.0. The molecule has 170 valence electrons. The van der Waals surface area contributed by atoms with E-state index < -0.39 is 18.0 Å². The van der Waals surface area contributed by atoms with E-state index in [1.54, 1.807) is 74.7 Å². The fourth-order valence-corrected chi connectivity index (χ4v) is 3.04. The third-order valence-electron chi connectivity index (χ3n) is 4.37. The normalized spacial score (nSPS) is 11.6. The van der Waals surface area contributed by atoms with Gasteiger partial charge in [0.25, 0.3) is 5.91 Å². The zero-order chi connectivity index (χ0) is 23.8. The molecule has 0 spiro atoms. The molecule has 33 heavy (non-hydrogen) atoms. The van der Waals surface area contributed by atoms with Gasteiger partial charge in [-0.1, -0.05) is 23.2 Å². The van der Waals surface area contributed by atoms with E-state index in [1.165, 1.54) is 12.3 Å². The fourth-order valence-electron chi connectivity index (χ4n) is 2.59. The Balaban J connectivity index is 1.50. The number of hydrazone groups is 1. The molecule has 1 amide bonds. The molecule has 0 aliphatic heterocycles. The second-order valence-corrected chi connectivity index (χ2v) is 7.60. The van der Waals surface area contributed by atoms with Crippen molar-refractivity contribution in [1.82, 2.24) is 5.43 Å². The number of benzene rings is 3. The highest BCUT2D eigenvalue weighted by Crippen LogP contribution is 2.28. The summed E-state index contributed by atoms with van der Waals surface area (Å²) in [6.07, 6.45) is 0.621. The molecule has 1 N–H and O–H groups in total. The van der Waals surface area contributed by atoms with Crippen molar-refractivity contribution in [2.45, 2.75) is 13.0 Å². The highest BCUT2D eigenvalue weighted by atomic mass is 35.5. The van der Waals surface area contributed by atoms with Crippen molar-refractivity contribution in [3.05, 3.63) is 87.9 Å². The van der Waals surface area contributed by atoms with Crippen LogP contribution < -0.4 is 19.6 Å². The van der Waals surface area contributed by atoms with Crippen LogP contribution in [0.2, 0.25) is 10.0 Å². The van der Waals surface area contributed by atoms with Crippen LogP contribution in [0, 0.1) is 0 Å². The van der Waals surface area contributed by atoms with Crippen molar-refractivity contribution >= 4 is 41.3 Å². The molecule has 0 aromatic heterocycles. The quantitative estimate of drug-likeness (QED) is 0.206. The Bertz CT molecular complexity index is 1150. The Hall–Kier alpha value is -3.55. The monoisotopic (exact) mass is 486 g/mol. The van der Waals surface area contributed by atoms with Gasteiger partial charge in [0.1, 0.15) is 17.2 Å². The number of carbonyl (C=O) groups excluding carboxylic acids is 2. The van der Waals surface area contributed by atoms with Gasteiger partial charge in [-0.15, -0.1) is 0 Å². The van der Waals surface area contributed by atoms with Crippen LogP contribution in [0.5, 0.6) is 17.2 Å². The minimum absolute atomic E-state index is 0.304. The van der Waals surface area contributed by atoms with E-state index in [0.717, 1.165) is 0 Å². The number of methoxy groups -OCH3 is 1. The number of carbonyl (C=O) groups is 2. The second kappa shape index (κ2) is 11.4. The molecule has 3 rings (SSSR count). The number of amides is 1. The number of halogens is 2. The van der Waals surface area contributed by atoms with Crippen molar-refractivity contribution in [3.8, 4) is 17.2 Å². The summed E-state index contributed by atoms with van der Waals surface area (Å²) >= 11 is 11.9. The molecule has 9 heteroatoms. The molecule has 0 radical (unpaired) electrons. The lowest BCUT2D eigenvalue weighted by Gasteiger charge is -2.14. The standard InChI is InChI=1S/C24H20Cl2N2O5/c1-15(32-22-12-7-18(25)13-21(22)26)23(29)28-27-14-16-3-8-20(9-4-16)33-24(30)17-5-10-19(31-2)11-6-17/h3-15H,1-2H3,(H,28,29)/b27-14+. The van der Waals surface area contributed by atoms with Crippen LogP contribution in [0.3, 0.4) is 0 Å². The molecule has 0 bridgehead atoms. The first-order chi connectivity index (χ1) is 15.9. The van der Waals surface area contributed by atoms with Gasteiger partial charge in [0.15, 0.2) is 6.10 Å². The van der Waals surface area contributed by atoms with Crippen LogP contribution in [-0.2, 0) is 4.79 Å². The van der Waals surface area contributed by atoms with E-state index in [0.29, 0.717) is 38.4 Å². The molecule has 3 aromatic rings. The van der Waals surface area contributed by atoms with Gasteiger partial charge in [-0.05, 0) is 79.2 Å². The lowest BCUT2D eigenvalue weighted by molar-refractivity contribution is -0.127. The minimum Gasteiger partial charge on any atom is -0.497 e. The molecule has 1 unspecified atom stereocenters. The van der Waals surface area contributed by atoms with Gasteiger partial charge in [0, 0.05) is 5.02 Å². The van der Waals surface area contributed by atoms with Gasteiger partial charge in [0.2, 0.25) is 0 Å². The number of nitrogens with one attached hydrogen (secondary N) is 1. The molecule has 0 aliphatic carbocycles. The highest BCUT2D eigenvalue weighted by Gasteiger charge is 2.15. The Labute approximate surface area is 200 Å². The average molecular weight is 487 g/mol. The first-order valence-corrected chi connectivity index (χ1v) is 10.5. The summed E-state index contributed by atoms with van der Waals surface area (Å²) in [5.41, 5.74) is 3.49. The molecule has 0 aliphatic rings. The maximum absolute atomic E-state index is 12.2. The summed E-state index contributed by atoms with van der Waals surface area (Å²) in [7, 11) is 1.55. The molecule has 0 fully saturated rings. The Morgan fingerprint density at radius 2 is 1.64 bits per heavy atom. The lowest BCUT2D eigenvalue weighted by Crippen LogP contribution is -2.33. The zero-order valence-electron chi connectivity index (χ0n) is 17.7. The maximum Gasteiger partial charge on any atom is 0.343 e. The van der Waals surface area contributed by atoms with E-state index in [1.807, 2.05) is 0 Å². The predicted molar refractivity (Wildman–Crippen MR) is 127 cm³/mol. The lowest BCUT2D eigenvalue weighted by atomic mass is 10.2. The van der Waals surface area contributed by atoms with E-state index in [2.05, 4.69) is 10.5 Å². The van der Waals surface area contributed by atoms with Crippen LogP contribution in [0.25, 0.3) is 0 Å². The van der Waals surface area contributed by atoms with Crippen LogP contribution in [-0.4, -0.2) is 31.3 Å². The van der Waals surface area contributed by atoms with Crippen LogP contribution in [0.1, 0.15) is 22.8 Å². The van der Waals surface area contributed by atoms with E-state index in [9.17, 15) is 9.59 Å². The van der Waals surface area contributed by atoms with Crippen LogP contribution >= 0.6 is 23.2 Å². The highest BCUT2D eigenvalue weighted by molar-refractivity contribution is 6.35. The Kier molecular flexibility index (Phi) is 8.29. The van der Waals surface area contributed by atoms with E-state index in [4.69, 9.17) is 37.4 Å². The van der Waals surface area contributed by atoms with Crippen molar-refractivity contribution in [2.75, 3.05) is 7.11 Å².